The zero-order valence-electron chi connectivity index (χ0n) is 14.7. The van der Waals surface area contributed by atoms with Crippen molar-refractivity contribution in [2.24, 2.45) is 0 Å². The molecule has 1 aromatic carbocycles. The van der Waals surface area contributed by atoms with Crippen LogP contribution >= 0.6 is 0 Å². The Balaban J connectivity index is 1.59. The van der Waals surface area contributed by atoms with Crippen molar-refractivity contribution in [3.05, 3.63) is 23.3 Å². The maximum absolute atomic E-state index is 12.6. The van der Waals surface area contributed by atoms with Gasteiger partial charge < -0.3 is 24.4 Å². The summed E-state index contributed by atoms with van der Waals surface area (Å²) >= 11 is 0. The molecule has 0 saturated carbocycles. The van der Waals surface area contributed by atoms with Gasteiger partial charge >= 0.3 is 6.09 Å². The highest BCUT2D eigenvalue weighted by Crippen LogP contribution is 2.33. The summed E-state index contributed by atoms with van der Waals surface area (Å²) in [5.74, 6) is 1.17. The van der Waals surface area contributed by atoms with Gasteiger partial charge in [-0.25, -0.2) is 4.79 Å². The molecule has 2 aliphatic heterocycles. The van der Waals surface area contributed by atoms with E-state index < -0.39 is 0 Å². The molecule has 1 N–H and O–H groups in total. The number of rotatable bonds is 3. The van der Waals surface area contributed by atoms with Crippen LogP contribution in [-0.2, 0) is 4.74 Å². The van der Waals surface area contributed by atoms with Gasteiger partial charge in [0.05, 0.1) is 6.61 Å². The normalized spacial score (nSPS) is 17.1. The maximum atomic E-state index is 12.6. The number of piperidine rings is 1. The molecule has 1 aromatic rings. The van der Waals surface area contributed by atoms with E-state index in [2.05, 4.69) is 5.32 Å². The molecule has 0 bridgehead atoms. The van der Waals surface area contributed by atoms with E-state index in [9.17, 15) is 9.59 Å². The van der Waals surface area contributed by atoms with Crippen molar-refractivity contribution in [2.45, 2.75) is 32.7 Å². The Labute approximate surface area is 147 Å². The minimum absolute atomic E-state index is 0.0470. The molecule has 136 valence electrons. The molecule has 2 amide bonds. The Kier molecular flexibility index (Phi) is 5.31. The second kappa shape index (κ2) is 7.63. The van der Waals surface area contributed by atoms with Gasteiger partial charge in [-0.2, -0.15) is 0 Å². The van der Waals surface area contributed by atoms with Crippen LogP contribution < -0.4 is 14.8 Å². The highest BCUT2D eigenvalue weighted by atomic mass is 16.6. The summed E-state index contributed by atoms with van der Waals surface area (Å²) in [6.07, 6.45) is 1.15. The Hall–Kier alpha value is -2.44. The van der Waals surface area contributed by atoms with Gasteiger partial charge in [-0.05, 0) is 44.4 Å². The highest BCUT2D eigenvalue weighted by Gasteiger charge is 2.26. The maximum Gasteiger partial charge on any atom is 0.409 e. The first-order chi connectivity index (χ1) is 12.1. The molecule has 2 heterocycles. The van der Waals surface area contributed by atoms with Crippen molar-refractivity contribution in [1.29, 1.82) is 0 Å². The molecular weight excluding hydrogens is 324 g/mol. The third-order valence-electron chi connectivity index (χ3n) is 4.49. The summed E-state index contributed by atoms with van der Waals surface area (Å²) in [5, 5.41) is 3.06. The molecule has 0 aromatic heterocycles. The molecule has 25 heavy (non-hydrogen) atoms. The Morgan fingerprint density at radius 1 is 1.20 bits per heavy atom. The first-order valence-electron chi connectivity index (χ1n) is 8.71. The number of nitrogens with zero attached hydrogens (tertiary/aromatic N) is 1. The average molecular weight is 348 g/mol. The van der Waals surface area contributed by atoms with Gasteiger partial charge in [-0.3, -0.25) is 4.79 Å². The molecule has 0 spiro atoms. The number of ether oxygens (including phenoxy) is 3. The Morgan fingerprint density at radius 2 is 1.84 bits per heavy atom. The number of hydrogen-bond acceptors (Lipinski definition) is 5. The minimum Gasteiger partial charge on any atom is -0.486 e. The van der Waals surface area contributed by atoms with Crippen LogP contribution in [0.15, 0.2) is 12.1 Å². The molecule has 0 atom stereocenters. The molecule has 2 aliphatic rings. The number of carbonyl (C=O) groups is 2. The molecule has 3 rings (SSSR count). The van der Waals surface area contributed by atoms with Crippen molar-refractivity contribution >= 4 is 12.0 Å². The fourth-order valence-corrected chi connectivity index (χ4v) is 3.12. The lowest BCUT2D eigenvalue weighted by molar-refractivity contribution is 0.0859. The molecule has 0 aliphatic carbocycles. The van der Waals surface area contributed by atoms with Gasteiger partial charge in [0.25, 0.3) is 5.91 Å². The zero-order chi connectivity index (χ0) is 17.8. The summed E-state index contributed by atoms with van der Waals surface area (Å²) in [4.78, 5) is 26.0. The predicted molar refractivity (Wildman–Crippen MR) is 91.3 cm³/mol. The molecule has 0 unspecified atom stereocenters. The van der Waals surface area contributed by atoms with Crippen molar-refractivity contribution in [1.82, 2.24) is 10.2 Å². The standard InChI is InChI=1S/C18H24N2O5/c1-3-23-18(22)20-6-4-13(5-7-20)19-17(21)14-11-16-15(10-12(14)2)24-8-9-25-16/h10-11,13H,3-9H2,1-2H3,(H,19,21). The highest BCUT2D eigenvalue weighted by molar-refractivity contribution is 5.96. The lowest BCUT2D eigenvalue weighted by Gasteiger charge is -2.31. The van der Waals surface area contributed by atoms with Crippen LogP contribution in [0, 0.1) is 6.92 Å². The predicted octanol–water partition coefficient (Wildman–Crippen LogP) is 2.12. The van der Waals surface area contributed by atoms with E-state index in [0.29, 0.717) is 62.8 Å². The quantitative estimate of drug-likeness (QED) is 0.905. The summed E-state index contributed by atoms with van der Waals surface area (Å²) in [6, 6.07) is 3.63. The topological polar surface area (TPSA) is 77.1 Å². The van der Waals surface area contributed by atoms with Crippen LogP contribution in [0.1, 0.15) is 35.7 Å². The van der Waals surface area contributed by atoms with Crippen LogP contribution in [0.3, 0.4) is 0 Å². The Bertz CT molecular complexity index is 653. The van der Waals surface area contributed by atoms with E-state index in [4.69, 9.17) is 14.2 Å². The van der Waals surface area contributed by atoms with E-state index in [0.717, 1.165) is 5.56 Å². The van der Waals surface area contributed by atoms with Crippen LogP contribution in [0.4, 0.5) is 4.79 Å². The van der Waals surface area contributed by atoms with Crippen LogP contribution in [-0.4, -0.2) is 55.9 Å². The minimum atomic E-state index is -0.282. The van der Waals surface area contributed by atoms with E-state index in [1.807, 2.05) is 13.0 Å². The number of benzene rings is 1. The average Bonchev–Trinajstić information content (AvgIpc) is 2.62. The van der Waals surface area contributed by atoms with Crippen LogP contribution in [0.2, 0.25) is 0 Å². The van der Waals surface area contributed by atoms with Crippen molar-refractivity contribution in [2.75, 3.05) is 32.9 Å². The van der Waals surface area contributed by atoms with Crippen molar-refractivity contribution in [3.8, 4) is 11.5 Å². The van der Waals surface area contributed by atoms with Crippen molar-refractivity contribution < 1.29 is 23.8 Å². The molecule has 1 fully saturated rings. The monoisotopic (exact) mass is 348 g/mol. The molecule has 1 saturated heterocycles. The van der Waals surface area contributed by atoms with Gasteiger partial charge in [0.2, 0.25) is 0 Å². The number of nitrogens with one attached hydrogen (secondary N) is 1. The Morgan fingerprint density at radius 3 is 2.48 bits per heavy atom. The number of carbonyl (C=O) groups excluding carboxylic acids is 2. The summed E-state index contributed by atoms with van der Waals surface area (Å²) in [7, 11) is 0. The second-order valence-corrected chi connectivity index (χ2v) is 6.24. The first-order valence-corrected chi connectivity index (χ1v) is 8.71. The third kappa shape index (κ3) is 3.97. The molecule has 7 heteroatoms. The molecule has 0 radical (unpaired) electrons. The lowest BCUT2D eigenvalue weighted by Crippen LogP contribution is -2.46. The number of fused-ring (bicyclic) bond motifs is 1. The SMILES string of the molecule is CCOC(=O)N1CCC(NC(=O)c2cc3c(cc2C)OCCO3)CC1. The van der Waals surface area contributed by atoms with Gasteiger partial charge in [0.15, 0.2) is 11.5 Å². The fraction of sp³-hybridized carbons (Fsp3) is 0.556. The number of hydrogen-bond donors (Lipinski definition) is 1. The van der Waals surface area contributed by atoms with Gasteiger partial charge in [0.1, 0.15) is 13.2 Å². The largest absolute Gasteiger partial charge is 0.486 e. The zero-order valence-corrected chi connectivity index (χ0v) is 14.7. The number of aryl methyl sites for hydroxylation is 1. The summed E-state index contributed by atoms with van der Waals surface area (Å²) in [6.45, 7) is 6.24. The summed E-state index contributed by atoms with van der Waals surface area (Å²) < 4.78 is 16.1. The lowest BCUT2D eigenvalue weighted by atomic mass is 10.0. The smallest absolute Gasteiger partial charge is 0.409 e. The summed E-state index contributed by atoms with van der Waals surface area (Å²) in [5.41, 5.74) is 1.45. The number of likely N-dealkylation sites (tertiary alicyclic amines) is 1. The van der Waals surface area contributed by atoms with E-state index in [-0.39, 0.29) is 18.0 Å². The molecule has 7 nitrogen and oxygen atoms in total. The van der Waals surface area contributed by atoms with Gasteiger partial charge in [-0.15, -0.1) is 0 Å². The van der Waals surface area contributed by atoms with Gasteiger partial charge in [0, 0.05) is 24.7 Å². The number of amides is 2. The van der Waals surface area contributed by atoms with E-state index in [1.54, 1.807) is 17.9 Å². The molecular formula is C18H24N2O5. The van der Waals surface area contributed by atoms with Crippen LogP contribution in [0.5, 0.6) is 11.5 Å². The first kappa shape index (κ1) is 17.4. The van der Waals surface area contributed by atoms with E-state index >= 15 is 0 Å². The van der Waals surface area contributed by atoms with E-state index in [1.165, 1.54) is 0 Å². The van der Waals surface area contributed by atoms with Crippen molar-refractivity contribution in [3.63, 3.8) is 0 Å². The fourth-order valence-electron chi connectivity index (χ4n) is 3.12. The van der Waals surface area contributed by atoms with Crippen LogP contribution in [0.25, 0.3) is 0 Å². The van der Waals surface area contributed by atoms with Gasteiger partial charge in [-0.1, -0.05) is 0 Å². The second-order valence-electron chi connectivity index (χ2n) is 6.24. The third-order valence-corrected chi connectivity index (χ3v) is 4.49.